The van der Waals surface area contributed by atoms with Crippen molar-refractivity contribution in [3.05, 3.63) is 29.8 Å². The first-order chi connectivity index (χ1) is 12.1. The van der Waals surface area contributed by atoms with Crippen molar-refractivity contribution < 1.29 is 13.2 Å². The zero-order chi connectivity index (χ0) is 17.7. The third-order valence-corrected chi connectivity index (χ3v) is 7.29. The lowest BCUT2D eigenvalue weighted by atomic mass is 10.1. The lowest BCUT2D eigenvalue weighted by Crippen LogP contribution is -2.40. The second kappa shape index (κ2) is 8.52. The maximum atomic E-state index is 12.6. The fourth-order valence-electron chi connectivity index (χ4n) is 3.98. The van der Waals surface area contributed by atoms with Crippen LogP contribution in [0, 0.1) is 0 Å². The molecule has 0 aromatic heterocycles. The third kappa shape index (κ3) is 4.74. The molecule has 1 aliphatic heterocycles. The van der Waals surface area contributed by atoms with Crippen LogP contribution in [-0.2, 0) is 10.0 Å². The fourth-order valence-corrected chi connectivity index (χ4v) is 5.56. The van der Waals surface area contributed by atoms with Crippen LogP contribution in [0.1, 0.15) is 57.1 Å². The number of benzene rings is 1. The molecular weight excluding hydrogens is 336 g/mol. The summed E-state index contributed by atoms with van der Waals surface area (Å²) in [4.78, 5) is 2.40. The average Bonchev–Trinajstić information content (AvgIpc) is 3.31. The molecular formula is C19H30N2O3S. The maximum absolute atomic E-state index is 12.6. The molecule has 3 rings (SSSR count). The predicted octanol–water partition coefficient (Wildman–Crippen LogP) is 3.08. The van der Waals surface area contributed by atoms with Crippen molar-refractivity contribution in [2.24, 2.45) is 0 Å². The minimum absolute atomic E-state index is 0.0920. The van der Waals surface area contributed by atoms with E-state index in [9.17, 15) is 8.42 Å². The summed E-state index contributed by atoms with van der Waals surface area (Å²) in [6.07, 6.45) is 6.02. The van der Waals surface area contributed by atoms with E-state index >= 15 is 0 Å². The van der Waals surface area contributed by atoms with E-state index in [0.29, 0.717) is 13.2 Å². The van der Waals surface area contributed by atoms with E-state index in [1.807, 2.05) is 19.1 Å². The van der Waals surface area contributed by atoms with Gasteiger partial charge in [-0.3, -0.25) is 4.90 Å². The summed E-state index contributed by atoms with van der Waals surface area (Å²) >= 11 is 0. The number of hydrogen-bond donors (Lipinski definition) is 1. The van der Waals surface area contributed by atoms with E-state index in [4.69, 9.17) is 4.74 Å². The van der Waals surface area contributed by atoms with Gasteiger partial charge in [0.05, 0.1) is 11.9 Å². The highest BCUT2D eigenvalue weighted by Gasteiger charge is 2.31. The predicted molar refractivity (Wildman–Crippen MR) is 100 cm³/mol. The Bertz CT molecular complexity index is 633. The first-order valence-corrected chi connectivity index (χ1v) is 11.1. The second-order valence-corrected chi connectivity index (χ2v) is 9.11. The molecule has 6 heteroatoms. The van der Waals surface area contributed by atoms with Gasteiger partial charge in [0, 0.05) is 12.6 Å². The third-order valence-electron chi connectivity index (χ3n) is 5.38. The molecule has 140 valence electrons. The van der Waals surface area contributed by atoms with Gasteiger partial charge in [-0.2, -0.15) is 0 Å². The highest BCUT2D eigenvalue weighted by Crippen LogP contribution is 2.28. The standard InChI is InChI=1S/C19H30N2O3S/c1-2-24-17-11-9-16(10-12-17)19(21-13-5-6-14-21)15-20-25(22,23)18-7-3-4-8-18/h9-12,18-20H,2-8,13-15H2,1H3. The molecule has 25 heavy (non-hydrogen) atoms. The Morgan fingerprint density at radius 1 is 1.12 bits per heavy atom. The minimum atomic E-state index is -3.21. The fraction of sp³-hybridized carbons (Fsp3) is 0.684. The first kappa shape index (κ1) is 18.7. The number of hydrogen-bond acceptors (Lipinski definition) is 4. The van der Waals surface area contributed by atoms with Gasteiger partial charge in [-0.25, -0.2) is 13.1 Å². The van der Waals surface area contributed by atoms with E-state index in [1.54, 1.807) is 0 Å². The molecule has 0 bridgehead atoms. The monoisotopic (exact) mass is 366 g/mol. The van der Waals surface area contributed by atoms with Gasteiger partial charge >= 0.3 is 0 Å². The number of rotatable bonds is 8. The highest BCUT2D eigenvalue weighted by molar-refractivity contribution is 7.90. The van der Waals surface area contributed by atoms with Crippen LogP contribution in [0.25, 0.3) is 0 Å². The van der Waals surface area contributed by atoms with Gasteiger partial charge in [0.1, 0.15) is 5.75 Å². The van der Waals surface area contributed by atoms with Crippen molar-refractivity contribution in [1.82, 2.24) is 9.62 Å². The minimum Gasteiger partial charge on any atom is -0.494 e. The summed E-state index contributed by atoms with van der Waals surface area (Å²) < 4.78 is 33.6. The zero-order valence-corrected chi connectivity index (χ0v) is 15.9. The topological polar surface area (TPSA) is 58.6 Å². The summed E-state index contributed by atoms with van der Waals surface area (Å²) in [6, 6.07) is 8.19. The number of sulfonamides is 1. The van der Waals surface area contributed by atoms with Crippen LogP contribution in [0.15, 0.2) is 24.3 Å². The smallest absolute Gasteiger partial charge is 0.214 e. The molecule has 0 radical (unpaired) electrons. The lowest BCUT2D eigenvalue weighted by molar-refractivity contribution is 0.246. The van der Waals surface area contributed by atoms with Crippen molar-refractivity contribution >= 4 is 10.0 Å². The summed E-state index contributed by atoms with van der Waals surface area (Å²) in [7, 11) is -3.21. The van der Waals surface area contributed by atoms with Crippen molar-refractivity contribution in [2.75, 3.05) is 26.2 Å². The number of nitrogens with one attached hydrogen (secondary N) is 1. The van der Waals surface area contributed by atoms with Crippen LogP contribution in [0.4, 0.5) is 0 Å². The van der Waals surface area contributed by atoms with Gasteiger partial charge in [-0.05, 0) is 63.4 Å². The Morgan fingerprint density at radius 3 is 2.36 bits per heavy atom. The van der Waals surface area contributed by atoms with Crippen LogP contribution in [0.2, 0.25) is 0 Å². The van der Waals surface area contributed by atoms with Crippen LogP contribution in [0.5, 0.6) is 5.75 Å². The van der Waals surface area contributed by atoms with E-state index < -0.39 is 10.0 Å². The van der Waals surface area contributed by atoms with Crippen molar-refractivity contribution in [1.29, 1.82) is 0 Å². The zero-order valence-electron chi connectivity index (χ0n) is 15.1. The molecule has 1 saturated carbocycles. The van der Waals surface area contributed by atoms with Crippen molar-refractivity contribution in [3.8, 4) is 5.75 Å². The molecule has 5 nitrogen and oxygen atoms in total. The summed E-state index contributed by atoms with van der Waals surface area (Å²) in [6.45, 7) is 5.13. The average molecular weight is 367 g/mol. The van der Waals surface area contributed by atoms with Crippen LogP contribution < -0.4 is 9.46 Å². The molecule has 1 aromatic rings. The Morgan fingerprint density at radius 2 is 1.76 bits per heavy atom. The second-order valence-electron chi connectivity index (χ2n) is 7.06. The van der Waals surface area contributed by atoms with Crippen molar-refractivity contribution in [3.63, 3.8) is 0 Å². The molecule has 2 fully saturated rings. The SMILES string of the molecule is CCOc1ccc(C(CNS(=O)(=O)C2CCCC2)N2CCCC2)cc1. The van der Waals surface area contributed by atoms with Gasteiger partial charge in [0.15, 0.2) is 0 Å². The molecule has 2 aliphatic rings. The molecule has 1 N–H and O–H groups in total. The first-order valence-electron chi connectivity index (χ1n) is 9.55. The van der Waals surface area contributed by atoms with Gasteiger partial charge in [-0.1, -0.05) is 25.0 Å². The molecule has 1 unspecified atom stereocenters. The van der Waals surface area contributed by atoms with Crippen LogP contribution in [-0.4, -0.2) is 44.8 Å². The molecule has 0 spiro atoms. The van der Waals surface area contributed by atoms with E-state index in [-0.39, 0.29) is 11.3 Å². The molecule has 1 aromatic carbocycles. The Balaban J connectivity index is 1.71. The highest BCUT2D eigenvalue weighted by atomic mass is 32.2. The molecule has 1 aliphatic carbocycles. The van der Waals surface area contributed by atoms with Crippen LogP contribution >= 0.6 is 0 Å². The van der Waals surface area contributed by atoms with E-state index in [1.165, 1.54) is 12.8 Å². The van der Waals surface area contributed by atoms with Gasteiger partial charge in [0.25, 0.3) is 0 Å². The maximum Gasteiger partial charge on any atom is 0.214 e. The number of ether oxygens (including phenoxy) is 1. The normalized spacial score (nSPS) is 20.8. The quantitative estimate of drug-likeness (QED) is 0.768. The van der Waals surface area contributed by atoms with E-state index in [0.717, 1.165) is 50.1 Å². The Labute approximate surface area is 151 Å². The molecule has 0 amide bonds. The van der Waals surface area contributed by atoms with Gasteiger partial charge < -0.3 is 4.74 Å². The molecule has 1 atom stereocenters. The summed E-state index contributed by atoms with van der Waals surface area (Å²) in [5.41, 5.74) is 1.15. The molecule has 1 saturated heterocycles. The largest absolute Gasteiger partial charge is 0.494 e. The van der Waals surface area contributed by atoms with Crippen LogP contribution in [0.3, 0.4) is 0 Å². The number of nitrogens with zero attached hydrogens (tertiary/aromatic N) is 1. The lowest BCUT2D eigenvalue weighted by Gasteiger charge is -2.29. The summed E-state index contributed by atoms with van der Waals surface area (Å²) in [5.74, 6) is 0.859. The van der Waals surface area contributed by atoms with E-state index in [2.05, 4.69) is 21.8 Å². The molecule has 1 heterocycles. The van der Waals surface area contributed by atoms with Gasteiger partial charge in [-0.15, -0.1) is 0 Å². The number of likely N-dealkylation sites (tertiary alicyclic amines) is 1. The Hall–Kier alpha value is -1.11. The summed E-state index contributed by atoms with van der Waals surface area (Å²) in [5, 5.41) is -0.202. The van der Waals surface area contributed by atoms with Gasteiger partial charge in [0.2, 0.25) is 10.0 Å². The Kier molecular flexibility index (Phi) is 6.36. The van der Waals surface area contributed by atoms with Crippen molar-refractivity contribution in [2.45, 2.75) is 56.7 Å².